The third kappa shape index (κ3) is 2.80. The van der Waals surface area contributed by atoms with Crippen LogP contribution in [-0.2, 0) is 16.1 Å². The zero-order valence-corrected chi connectivity index (χ0v) is 10.4. The number of fused-ring (bicyclic) bond motifs is 1. The largest absolute Gasteiger partial charge is 0.454 e. The molecule has 0 N–H and O–H groups in total. The average molecular weight is 249 g/mol. The number of carbonyl (C=O) groups is 2. The Morgan fingerprint density at radius 2 is 2.00 bits per heavy atom. The van der Waals surface area contributed by atoms with E-state index >= 15 is 0 Å². The molecular weight excluding hydrogens is 234 g/mol. The summed E-state index contributed by atoms with van der Waals surface area (Å²) >= 11 is 0. The highest BCUT2D eigenvalue weighted by atomic mass is 16.7. The van der Waals surface area contributed by atoms with Gasteiger partial charge < -0.3 is 14.4 Å². The molecule has 1 aliphatic rings. The predicted molar refractivity (Wildman–Crippen MR) is 64.3 cm³/mol. The Labute approximate surface area is 105 Å². The van der Waals surface area contributed by atoms with E-state index in [0.717, 1.165) is 11.3 Å². The Morgan fingerprint density at radius 1 is 1.28 bits per heavy atom. The van der Waals surface area contributed by atoms with E-state index in [4.69, 9.17) is 9.47 Å². The van der Waals surface area contributed by atoms with Crippen LogP contribution in [0.1, 0.15) is 18.9 Å². The molecule has 0 radical (unpaired) electrons. The van der Waals surface area contributed by atoms with Crippen molar-refractivity contribution in [2.75, 3.05) is 13.8 Å². The summed E-state index contributed by atoms with van der Waals surface area (Å²) in [6, 6.07) is 5.55. The molecular formula is C13H15NO4. The molecule has 5 heteroatoms. The van der Waals surface area contributed by atoms with Crippen LogP contribution >= 0.6 is 0 Å². The maximum absolute atomic E-state index is 11.6. The van der Waals surface area contributed by atoms with Gasteiger partial charge in [0.25, 0.3) is 0 Å². The van der Waals surface area contributed by atoms with Gasteiger partial charge in [-0.25, -0.2) is 0 Å². The second-order valence-electron chi connectivity index (χ2n) is 4.32. The number of benzene rings is 1. The van der Waals surface area contributed by atoms with Gasteiger partial charge in [-0.3, -0.25) is 9.59 Å². The number of carbonyl (C=O) groups excluding carboxylic acids is 2. The van der Waals surface area contributed by atoms with Crippen LogP contribution in [0, 0.1) is 0 Å². The van der Waals surface area contributed by atoms with Gasteiger partial charge in [0.2, 0.25) is 12.7 Å². The molecule has 96 valence electrons. The highest BCUT2D eigenvalue weighted by molar-refractivity contribution is 5.96. The molecule has 0 fully saturated rings. The quantitative estimate of drug-likeness (QED) is 0.756. The van der Waals surface area contributed by atoms with Gasteiger partial charge in [-0.1, -0.05) is 6.07 Å². The molecule has 0 bridgehead atoms. The molecule has 1 aromatic rings. The van der Waals surface area contributed by atoms with E-state index in [9.17, 15) is 9.59 Å². The Hall–Kier alpha value is -2.04. The van der Waals surface area contributed by atoms with Gasteiger partial charge in [-0.15, -0.1) is 0 Å². The normalized spacial score (nSPS) is 12.3. The molecule has 0 unspecified atom stereocenters. The average Bonchev–Trinajstić information content (AvgIpc) is 2.75. The third-order valence-corrected chi connectivity index (χ3v) is 2.68. The maximum Gasteiger partial charge on any atom is 0.231 e. The van der Waals surface area contributed by atoms with Crippen molar-refractivity contribution in [1.29, 1.82) is 0 Å². The van der Waals surface area contributed by atoms with E-state index in [-0.39, 0.29) is 24.9 Å². The van der Waals surface area contributed by atoms with E-state index in [1.54, 1.807) is 7.05 Å². The number of hydrogen-bond donors (Lipinski definition) is 0. The number of ketones is 1. The molecule has 18 heavy (non-hydrogen) atoms. The number of ether oxygens (including phenoxy) is 2. The summed E-state index contributed by atoms with van der Waals surface area (Å²) < 4.78 is 10.5. The lowest BCUT2D eigenvalue weighted by Crippen LogP contribution is -2.27. The molecule has 1 amide bonds. The van der Waals surface area contributed by atoms with Crippen molar-refractivity contribution in [3.63, 3.8) is 0 Å². The monoisotopic (exact) mass is 249 g/mol. The topological polar surface area (TPSA) is 55.8 Å². The zero-order chi connectivity index (χ0) is 13.1. The minimum atomic E-state index is -0.180. The first-order chi connectivity index (χ1) is 8.56. The number of nitrogens with zero attached hydrogens (tertiary/aromatic N) is 1. The van der Waals surface area contributed by atoms with Crippen molar-refractivity contribution in [2.24, 2.45) is 0 Å². The maximum atomic E-state index is 11.6. The Bertz CT molecular complexity index is 484. The van der Waals surface area contributed by atoms with Crippen molar-refractivity contribution in [2.45, 2.75) is 19.9 Å². The summed E-state index contributed by atoms with van der Waals surface area (Å²) in [6.07, 6.45) is -0.0545. The van der Waals surface area contributed by atoms with E-state index in [1.165, 1.54) is 11.8 Å². The van der Waals surface area contributed by atoms with Crippen LogP contribution < -0.4 is 9.47 Å². The summed E-state index contributed by atoms with van der Waals surface area (Å²) in [5.41, 5.74) is 0.943. The van der Waals surface area contributed by atoms with Crippen LogP contribution in [0.3, 0.4) is 0 Å². The second kappa shape index (κ2) is 5.08. The Balaban J connectivity index is 2.01. The minimum absolute atomic E-state index is 0.0545. The van der Waals surface area contributed by atoms with Crippen LogP contribution in [0.15, 0.2) is 18.2 Å². The van der Waals surface area contributed by atoms with E-state index in [2.05, 4.69) is 0 Å². The van der Waals surface area contributed by atoms with Crippen molar-refractivity contribution >= 4 is 11.7 Å². The van der Waals surface area contributed by atoms with Gasteiger partial charge in [0.1, 0.15) is 5.78 Å². The van der Waals surface area contributed by atoms with Gasteiger partial charge >= 0.3 is 0 Å². The van der Waals surface area contributed by atoms with Gasteiger partial charge in [-0.05, 0) is 24.6 Å². The molecule has 5 nitrogen and oxygen atoms in total. The van der Waals surface area contributed by atoms with Crippen LogP contribution in [0.5, 0.6) is 11.5 Å². The van der Waals surface area contributed by atoms with Crippen molar-refractivity contribution in [1.82, 2.24) is 4.90 Å². The summed E-state index contributed by atoms with van der Waals surface area (Å²) in [6.45, 7) is 2.09. The molecule has 1 heterocycles. The number of rotatable bonds is 4. The van der Waals surface area contributed by atoms with Crippen molar-refractivity contribution in [3.8, 4) is 11.5 Å². The van der Waals surface area contributed by atoms with Crippen LogP contribution in [-0.4, -0.2) is 30.4 Å². The first kappa shape index (κ1) is 12.4. The second-order valence-corrected chi connectivity index (χ2v) is 4.32. The highest BCUT2D eigenvalue weighted by Crippen LogP contribution is 2.32. The lowest BCUT2D eigenvalue weighted by Gasteiger charge is -2.16. The van der Waals surface area contributed by atoms with Gasteiger partial charge in [0.05, 0.1) is 6.42 Å². The molecule has 0 atom stereocenters. The summed E-state index contributed by atoms with van der Waals surface area (Å²) in [5.74, 6) is 1.11. The standard InChI is InChI=1S/C13H15NO4/c1-9(15)5-13(16)14(2)7-10-3-4-11-12(6-10)18-8-17-11/h3-4,6H,5,7-8H2,1-2H3. The molecule has 0 aliphatic carbocycles. The lowest BCUT2D eigenvalue weighted by atomic mass is 10.2. The Morgan fingerprint density at radius 3 is 2.72 bits per heavy atom. The fourth-order valence-corrected chi connectivity index (χ4v) is 1.75. The zero-order valence-electron chi connectivity index (χ0n) is 10.4. The number of amides is 1. The molecule has 0 aromatic heterocycles. The summed E-state index contributed by atoms with van der Waals surface area (Å²) in [5, 5.41) is 0. The predicted octanol–water partition coefficient (Wildman–Crippen LogP) is 1.35. The SMILES string of the molecule is CC(=O)CC(=O)N(C)Cc1ccc2c(c1)OCO2. The fraction of sp³-hybridized carbons (Fsp3) is 0.385. The first-order valence-electron chi connectivity index (χ1n) is 5.68. The summed E-state index contributed by atoms with van der Waals surface area (Å²) in [4.78, 5) is 24.0. The van der Waals surface area contributed by atoms with E-state index < -0.39 is 0 Å². The van der Waals surface area contributed by atoms with E-state index in [1.807, 2.05) is 18.2 Å². The van der Waals surface area contributed by atoms with Gasteiger partial charge in [0.15, 0.2) is 11.5 Å². The highest BCUT2D eigenvalue weighted by Gasteiger charge is 2.15. The number of Topliss-reactive ketones (excluding diaryl/α,β-unsaturated/α-hetero) is 1. The van der Waals surface area contributed by atoms with Crippen molar-refractivity contribution in [3.05, 3.63) is 23.8 Å². The first-order valence-corrected chi connectivity index (χ1v) is 5.68. The van der Waals surface area contributed by atoms with Gasteiger partial charge in [0, 0.05) is 13.6 Å². The third-order valence-electron chi connectivity index (χ3n) is 2.68. The van der Waals surface area contributed by atoms with Crippen LogP contribution in [0.25, 0.3) is 0 Å². The fourth-order valence-electron chi connectivity index (χ4n) is 1.75. The molecule has 0 saturated carbocycles. The molecule has 0 saturated heterocycles. The molecule has 0 spiro atoms. The van der Waals surface area contributed by atoms with Crippen LogP contribution in [0.2, 0.25) is 0 Å². The van der Waals surface area contributed by atoms with E-state index in [0.29, 0.717) is 12.3 Å². The molecule has 1 aliphatic heterocycles. The minimum Gasteiger partial charge on any atom is -0.454 e. The summed E-state index contributed by atoms with van der Waals surface area (Å²) in [7, 11) is 1.68. The lowest BCUT2D eigenvalue weighted by molar-refractivity contribution is -0.134. The molecule has 1 aromatic carbocycles. The van der Waals surface area contributed by atoms with Crippen molar-refractivity contribution < 1.29 is 19.1 Å². The van der Waals surface area contributed by atoms with Crippen LogP contribution in [0.4, 0.5) is 0 Å². The number of hydrogen-bond acceptors (Lipinski definition) is 4. The Kier molecular flexibility index (Phi) is 3.50. The molecule has 2 rings (SSSR count). The van der Waals surface area contributed by atoms with Gasteiger partial charge in [-0.2, -0.15) is 0 Å². The smallest absolute Gasteiger partial charge is 0.231 e.